The van der Waals surface area contributed by atoms with E-state index >= 15 is 0 Å². The van der Waals surface area contributed by atoms with Crippen molar-refractivity contribution in [3.63, 3.8) is 0 Å². The van der Waals surface area contributed by atoms with Crippen LogP contribution in [-0.4, -0.2) is 54.2 Å². The molecule has 1 aliphatic heterocycles. The number of hydrogen-bond acceptors (Lipinski definition) is 7. The van der Waals surface area contributed by atoms with Crippen LogP contribution in [0.3, 0.4) is 0 Å². The lowest BCUT2D eigenvalue weighted by molar-refractivity contribution is 0.0578. The van der Waals surface area contributed by atoms with Gasteiger partial charge in [0.15, 0.2) is 11.5 Å². The van der Waals surface area contributed by atoms with E-state index < -0.39 is 6.23 Å². The first-order chi connectivity index (χ1) is 10.3. The molecule has 0 aliphatic carbocycles. The summed E-state index contributed by atoms with van der Waals surface area (Å²) in [6, 6.07) is 0. The number of nitrogens with zero attached hydrogens (tertiary/aromatic N) is 3. The molecule has 1 unspecified atom stereocenters. The molecule has 7 nitrogen and oxygen atoms in total. The number of amidine groups is 1. The second kappa shape index (κ2) is 8.60. The van der Waals surface area contributed by atoms with Gasteiger partial charge in [-0.05, 0) is 17.9 Å². The van der Waals surface area contributed by atoms with E-state index in [1.54, 1.807) is 25.1 Å². The Kier molecular flexibility index (Phi) is 6.78. The standard InChI is InChI=1S/C12H19ClN4O3S/c1-18-11-10-9(15-12(13)16-11)7-14-17(10)3-4-19-5-6-20-8-21-2/h7,11H,3-6,8H2,1-2H3,(H,15,16). The SMILES string of the molecule is COC1N=C(Cl)Nc2cnn(CCOCCOCSC)c21. The van der Waals surface area contributed by atoms with E-state index in [1.807, 2.05) is 10.9 Å². The molecular formula is C12H19ClN4O3S. The van der Waals surface area contributed by atoms with Crippen molar-refractivity contribution < 1.29 is 14.2 Å². The molecule has 9 heteroatoms. The third kappa shape index (κ3) is 4.58. The summed E-state index contributed by atoms with van der Waals surface area (Å²) >= 11 is 7.54. The number of fused-ring (bicyclic) bond motifs is 1. The largest absolute Gasteiger partial charge is 0.377 e. The molecule has 118 valence electrons. The second-order valence-electron chi connectivity index (χ2n) is 4.23. The predicted molar refractivity (Wildman–Crippen MR) is 84.0 cm³/mol. The van der Waals surface area contributed by atoms with Crippen LogP contribution in [0.2, 0.25) is 0 Å². The smallest absolute Gasteiger partial charge is 0.198 e. The number of nitrogens with one attached hydrogen (secondary N) is 1. The van der Waals surface area contributed by atoms with E-state index in [0.717, 1.165) is 11.4 Å². The molecule has 1 atom stereocenters. The van der Waals surface area contributed by atoms with Crippen molar-refractivity contribution in [3.05, 3.63) is 11.9 Å². The number of aromatic nitrogens is 2. The maximum atomic E-state index is 5.90. The quantitative estimate of drug-likeness (QED) is 0.422. The molecule has 1 aromatic rings. The number of halogens is 1. The maximum absolute atomic E-state index is 5.90. The number of ether oxygens (including phenoxy) is 3. The third-order valence-corrected chi connectivity index (χ3v) is 3.42. The Labute approximate surface area is 133 Å². The van der Waals surface area contributed by atoms with Crippen LogP contribution >= 0.6 is 23.4 Å². The van der Waals surface area contributed by atoms with Gasteiger partial charge in [0.1, 0.15) is 5.69 Å². The van der Waals surface area contributed by atoms with Crippen LogP contribution < -0.4 is 5.32 Å². The molecule has 0 fully saturated rings. The average Bonchev–Trinajstić information content (AvgIpc) is 2.88. The van der Waals surface area contributed by atoms with Gasteiger partial charge < -0.3 is 19.5 Å². The van der Waals surface area contributed by atoms with Crippen LogP contribution in [0.25, 0.3) is 0 Å². The lowest BCUT2D eigenvalue weighted by atomic mass is 10.3. The highest BCUT2D eigenvalue weighted by Crippen LogP contribution is 2.30. The van der Waals surface area contributed by atoms with Crippen molar-refractivity contribution in [1.82, 2.24) is 9.78 Å². The zero-order valence-electron chi connectivity index (χ0n) is 12.0. The van der Waals surface area contributed by atoms with Crippen molar-refractivity contribution >= 4 is 34.3 Å². The molecule has 0 saturated carbocycles. The van der Waals surface area contributed by atoms with Crippen LogP contribution in [0.1, 0.15) is 11.9 Å². The van der Waals surface area contributed by atoms with Gasteiger partial charge in [-0.1, -0.05) is 0 Å². The molecule has 0 bridgehead atoms. The third-order valence-electron chi connectivity index (χ3n) is 2.83. The molecule has 0 amide bonds. The highest BCUT2D eigenvalue weighted by molar-refractivity contribution is 7.98. The summed E-state index contributed by atoms with van der Waals surface area (Å²) in [5.74, 6) is 0.690. The van der Waals surface area contributed by atoms with Crippen molar-refractivity contribution in [1.29, 1.82) is 0 Å². The second-order valence-corrected chi connectivity index (χ2v) is 5.40. The average molecular weight is 335 g/mol. The zero-order chi connectivity index (χ0) is 15.1. The zero-order valence-corrected chi connectivity index (χ0v) is 13.6. The first kappa shape index (κ1) is 16.6. The normalized spacial score (nSPS) is 17.3. The molecule has 1 N–H and O–H groups in total. The minimum absolute atomic E-state index is 0.302. The van der Waals surface area contributed by atoms with Crippen LogP contribution in [-0.2, 0) is 20.8 Å². The topological polar surface area (TPSA) is 69.9 Å². The van der Waals surface area contributed by atoms with E-state index in [0.29, 0.717) is 37.6 Å². The molecular weight excluding hydrogens is 316 g/mol. The van der Waals surface area contributed by atoms with Gasteiger partial charge in [0.25, 0.3) is 0 Å². The molecule has 1 aromatic heterocycles. The Morgan fingerprint density at radius 3 is 2.95 bits per heavy atom. The Morgan fingerprint density at radius 1 is 1.38 bits per heavy atom. The van der Waals surface area contributed by atoms with Gasteiger partial charge in [-0.2, -0.15) is 5.10 Å². The monoisotopic (exact) mass is 334 g/mol. The van der Waals surface area contributed by atoms with E-state index in [1.165, 1.54) is 0 Å². The van der Waals surface area contributed by atoms with Crippen LogP contribution in [0.15, 0.2) is 11.2 Å². The van der Waals surface area contributed by atoms with E-state index in [9.17, 15) is 0 Å². The number of aliphatic imine (C=N–C) groups is 1. The van der Waals surface area contributed by atoms with E-state index in [2.05, 4.69) is 15.4 Å². The fourth-order valence-corrected chi connectivity index (χ4v) is 2.39. The van der Waals surface area contributed by atoms with Gasteiger partial charge in [-0.15, -0.1) is 11.8 Å². The van der Waals surface area contributed by atoms with Gasteiger partial charge in [0.05, 0.1) is 44.2 Å². The van der Waals surface area contributed by atoms with Gasteiger partial charge in [0.2, 0.25) is 0 Å². The van der Waals surface area contributed by atoms with Crippen LogP contribution in [0, 0.1) is 0 Å². The molecule has 21 heavy (non-hydrogen) atoms. The van der Waals surface area contributed by atoms with Crippen molar-refractivity contribution in [2.24, 2.45) is 4.99 Å². The van der Waals surface area contributed by atoms with Crippen molar-refractivity contribution in [2.45, 2.75) is 12.8 Å². The summed E-state index contributed by atoms with van der Waals surface area (Å²) in [6.07, 6.45) is 3.26. The van der Waals surface area contributed by atoms with Gasteiger partial charge in [-0.3, -0.25) is 4.68 Å². The fraction of sp³-hybridized carbons (Fsp3) is 0.667. The Balaban J connectivity index is 1.81. The number of thioether (sulfide) groups is 1. The summed E-state index contributed by atoms with van der Waals surface area (Å²) in [7, 11) is 1.59. The summed E-state index contributed by atoms with van der Waals surface area (Å²) in [4.78, 5) is 4.18. The minimum atomic E-state index is -0.443. The number of hydrogen-bond donors (Lipinski definition) is 1. The van der Waals surface area contributed by atoms with Crippen molar-refractivity contribution in [2.75, 3.05) is 44.4 Å². The van der Waals surface area contributed by atoms with E-state index in [4.69, 9.17) is 25.8 Å². The molecule has 2 rings (SSSR count). The fourth-order valence-electron chi connectivity index (χ4n) is 1.91. The summed E-state index contributed by atoms with van der Waals surface area (Å²) in [5, 5.41) is 7.57. The lowest BCUT2D eigenvalue weighted by Crippen LogP contribution is -2.20. The number of rotatable bonds is 9. The van der Waals surface area contributed by atoms with Gasteiger partial charge in [-0.25, -0.2) is 4.99 Å². The Bertz CT molecular complexity index is 483. The predicted octanol–water partition coefficient (Wildman–Crippen LogP) is 1.90. The van der Waals surface area contributed by atoms with Crippen molar-refractivity contribution in [3.8, 4) is 0 Å². The van der Waals surface area contributed by atoms with Crippen LogP contribution in [0.4, 0.5) is 5.69 Å². The first-order valence-electron chi connectivity index (χ1n) is 6.49. The molecule has 0 saturated heterocycles. The summed E-state index contributed by atoms with van der Waals surface area (Å²) in [5.41, 5.74) is 1.66. The number of methoxy groups -OCH3 is 1. The summed E-state index contributed by atoms with van der Waals surface area (Å²) < 4.78 is 18.0. The highest BCUT2D eigenvalue weighted by Gasteiger charge is 2.25. The molecule has 1 aliphatic rings. The van der Waals surface area contributed by atoms with E-state index in [-0.39, 0.29) is 0 Å². The van der Waals surface area contributed by atoms with Crippen LogP contribution in [0.5, 0.6) is 0 Å². The minimum Gasteiger partial charge on any atom is -0.377 e. The lowest BCUT2D eigenvalue weighted by Gasteiger charge is -2.20. The molecule has 2 heterocycles. The number of anilines is 1. The molecule has 0 aromatic carbocycles. The van der Waals surface area contributed by atoms with Gasteiger partial charge in [0, 0.05) is 7.11 Å². The molecule has 0 radical (unpaired) electrons. The molecule has 0 spiro atoms. The summed E-state index contributed by atoms with van der Waals surface area (Å²) in [6.45, 7) is 2.33. The first-order valence-corrected chi connectivity index (χ1v) is 8.26. The maximum Gasteiger partial charge on any atom is 0.198 e. The van der Waals surface area contributed by atoms with Gasteiger partial charge >= 0.3 is 0 Å². The Hall–Kier alpha value is -0.800. The Morgan fingerprint density at radius 2 is 2.19 bits per heavy atom. The highest BCUT2D eigenvalue weighted by atomic mass is 35.5.